The van der Waals surface area contributed by atoms with Crippen LogP contribution in [0, 0.1) is 0 Å². The second-order valence-electron chi connectivity index (χ2n) is 5.09. The maximum absolute atomic E-state index is 12.8. The van der Waals surface area contributed by atoms with Gasteiger partial charge in [0.1, 0.15) is 5.69 Å². The Kier molecular flexibility index (Phi) is 5.96. The third-order valence-electron chi connectivity index (χ3n) is 3.12. The van der Waals surface area contributed by atoms with Gasteiger partial charge in [-0.1, -0.05) is 11.6 Å². The van der Waals surface area contributed by atoms with Gasteiger partial charge in [-0.2, -0.15) is 18.2 Å². The van der Waals surface area contributed by atoms with Crippen LogP contribution in [0.1, 0.15) is 5.56 Å². The molecule has 1 aliphatic rings. The van der Waals surface area contributed by atoms with Gasteiger partial charge in [0.25, 0.3) is 5.96 Å². The van der Waals surface area contributed by atoms with Crippen LogP contribution >= 0.6 is 11.6 Å². The Morgan fingerprint density at radius 3 is 2.32 bits per heavy atom. The van der Waals surface area contributed by atoms with Gasteiger partial charge >= 0.3 is 18.1 Å². The maximum Gasteiger partial charge on any atom is 0.416 e. The molecule has 2 atom stereocenters. The van der Waals surface area contributed by atoms with Crippen LogP contribution in [0.5, 0.6) is 0 Å². The molecule has 152 valence electrons. The van der Waals surface area contributed by atoms with Crippen molar-refractivity contribution in [3.05, 3.63) is 28.8 Å². The Labute approximate surface area is 158 Å². The van der Waals surface area contributed by atoms with Gasteiger partial charge in [0.15, 0.2) is 12.2 Å². The molecule has 2 rings (SSSR count). The lowest BCUT2D eigenvalue weighted by atomic mass is 10.2. The smallest absolute Gasteiger partial charge is 0.379 e. The van der Waals surface area contributed by atoms with Gasteiger partial charge in [-0.15, -0.1) is 5.06 Å². The predicted octanol–water partition coefficient (Wildman–Crippen LogP) is -0.554. The highest BCUT2D eigenvalue weighted by atomic mass is 35.5. The number of anilines is 1. The summed E-state index contributed by atoms with van der Waals surface area (Å²) in [5.74, 6) is -4.78. The van der Waals surface area contributed by atoms with E-state index in [2.05, 4.69) is 15.0 Å². The first-order valence-corrected chi connectivity index (χ1v) is 7.43. The summed E-state index contributed by atoms with van der Waals surface area (Å²) < 4.78 is 38.3. The monoisotopic (exact) mass is 425 g/mol. The normalized spacial score (nSPS) is 25.6. The van der Waals surface area contributed by atoms with Gasteiger partial charge in [-0.3, -0.25) is 0 Å². The summed E-state index contributed by atoms with van der Waals surface area (Å²) >= 11 is 5.81. The lowest BCUT2D eigenvalue weighted by Crippen LogP contribution is -2.46. The maximum atomic E-state index is 12.8. The lowest BCUT2D eigenvalue weighted by molar-refractivity contribution is -0.172. The van der Waals surface area contributed by atoms with Gasteiger partial charge in [0.05, 0.1) is 10.6 Å². The van der Waals surface area contributed by atoms with E-state index in [1.165, 1.54) is 0 Å². The summed E-state index contributed by atoms with van der Waals surface area (Å²) in [4.78, 5) is 35.7. The van der Waals surface area contributed by atoms with E-state index in [-0.39, 0.29) is 0 Å². The number of aliphatic hydroxyl groups is 2. The van der Waals surface area contributed by atoms with Gasteiger partial charge in [0.2, 0.25) is 5.96 Å². The predicted molar refractivity (Wildman–Crippen MR) is 86.4 cm³/mol. The van der Waals surface area contributed by atoms with Crippen molar-refractivity contribution in [3.63, 3.8) is 0 Å². The molecule has 1 aliphatic heterocycles. The van der Waals surface area contributed by atoms with Crippen molar-refractivity contribution < 1.29 is 42.6 Å². The summed E-state index contributed by atoms with van der Waals surface area (Å²) in [5, 5.41) is 22.0. The Morgan fingerprint density at radius 1 is 1.14 bits per heavy atom. The number of aliphatic hydroxyl groups excluding tert-OH is 2. The molecule has 6 N–H and O–H groups in total. The zero-order valence-corrected chi connectivity index (χ0v) is 14.2. The third-order valence-corrected chi connectivity index (χ3v) is 3.43. The molecule has 28 heavy (non-hydrogen) atoms. The summed E-state index contributed by atoms with van der Waals surface area (Å²) in [6.07, 6.45) is -9.60. The van der Waals surface area contributed by atoms with Crippen molar-refractivity contribution in [3.8, 4) is 0 Å². The van der Waals surface area contributed by atoms with Crippen molar-refractivity contribution in [1.29, 1.82) is 0 Å². The standard InChI is InChI=1S/C13H11ClF3N5O6/c14-5-3-4(13(15,16)17)1-2-6(5)22-12(19)20-11(18)21-27-9(25)7(23)8(24)10(26)28-22/h1-3,7-8,23-24H,(H4,18,19,20,21). The first-order valence-electron chi connectivity index (χ1n) is 7.05. The molecule has 2 unspecified atom stereocenters. The van der Waals surface area contributed by atoms with Gasteiger partial charge in [0, 0.05) is 0 Å². The molecule has 0 fully saturated rings. The van der Waals surface area contributed by atoms with Crippen LogP contribution in [0.4, 0.5) is 18.9 Å². The summed E-state index contributed by atoms with van der Waals surface area (Å²) in [5.41, 5.74) is 9.37. The molecule has 0 aliphatic carbocycles. The largest absolute Gasteiger partial charge is 0.416 e. The van der Waals surface area contributed by atoms with Crippen molar-refractivity contribution >= 4 is 41.1 Å². The van der Waals surface area contributed by atoms with E-state index < -0.39 is 58.5 Å². The molecular weight excluding hydrogens is 415 g/mol. The highest BCUT2D eigenvalue weighted by Crippen LogP contribution is 2.35. The number of nitrogens with zero attached hydrogens (tertiary/aromatic N) is 3. The first-order chi connectivity index (χ1) is 12.9. The third kappa shape index (κ3) is 4.59. The SMILES string of the molecule is NC1=N/OC(=O)C(O)C(O)C(=O)ON(c2ccc(C(F)(F)F)cc2Cl)\C(N)=N\1. The van der Waals surface area contributed by atoms with E-state index in [1.807, 2.05) is 0 Å². The number of rotatable bonds is 1. The minimum atomic E-state index is -4.71. The fourth-order valence-electron chi connectivity index (χ4n) is 1.80. The molecule has 0 saturated heterocycles. The van der Waals surface area contributed by atoms with Gasteiger partial charge < -0.3 is 31.4 Å². The van der Waals surface area contributed by atoms with Crippen LogP contribution in [0.25, 0.3) is 0 Å². The zero-order chi connectivity index (χ0) is 21.2. The number of nitrogens with two attached hydrogens (primary N) is 2. The van der Waals surface area contributed by atoms with Crippen LogP contribution in [0.3, 0.4) is 0 Å². The Morgan fingerprint density at radius 2 is 1.75 bits per heavy atom. The molecule has 0 radical (unpaired) electrons. The van der Waals surface area contributed by atoms with Crippen molar-refractivity contribution in [2.75, 3.05) is 5.06 Å². The molecule has 1 heterocycles. The number of carbonyl (C=O) groups excluding carboxylic acids is 2. The molecule has 11 nitrogen and oxygen atoms in total. The van der Waals surface area contributed by atoms with Crippen LogP contribution < -0.4 is 16.5 Å². The summed E-state index contributed by atoms with van der Waals surface area (Å²) in [6.45, 7) is 0. The Balaban J connectivity index is 2.52. The van der Waals surface area contributed by atoms with E-state index >= 15 is 0 Å². The Hall–Kier alpha value is -3.10. The van der Waals surface area contributed by atoms with E-state index in [0.29, 0.717) is 17.2 Å². The average Bonchev–Trinajstić information content (AvgIpc) is 2.62. The zero-order valence-electron chi connectivity index (χ0n) is 13.4. The molecule has 1 aromatic carbocycles. The second-order valence-corrected chi connectivity index (χ2v) is 5.50. The molecule has 0 spiro atoms. The topological polar surface area (TPSA) is 173 Å². The van der Waals surface area contributed by atoms with Crippen molar-refractivity contribution in [2.45, 2.75) is 18.4 Å². The number of aliphatic imine (C=N–C) groups is 1. The second kappa shape index (κ2) is 7.87. The minimum absolute atomic E-state index is 0.318. The number of hydroxylamine groups is 1. The molecule has 0 saturated carbocycles. The number of halogens is 4. The number of guanidine groups is 2. The van der Waals surface area contributed by atoms with Crippen LogP contribution in [-0.2, 0) is 25.4 Å². The summed E-state index contributed by atoms with van der Waals surface area (Å²) in [6, 6.07) is 1.90. The molecule has 0 aromatic heterocycles. The molecule has 15 heteroatoms. The van der Waals surface area contributed by atoms with Crippen LogP contribution in [0.15, 0.2) is 28.3 Å². The minimum Gasteiger partial charge on any atom is -0.379 e. The fraction of sp³-hybridized carbons (Fsp3) is 0.231. The molecule has 0 bridgehead atoms. The number of carbonyl (C=O) groups is 2. The highest BCUT2D eigenvalue weighted by Gasteiger charge is 2.37. The number of oxime groups is 1. The van der Waals surface area contributed by atoms with Gasteiger partial charge in [-0.25, -0.2) is 9.59 Å². The molecule has 1 aromatic rings. The van der Waals surface area contributed by atoms with Crippen molar-refractivity contribution in [2.24, 2.45) is 21.6 Å². The van der Waals surface area contributed by atoms with E-state index in [9.17, 15) is 33.0 Å². The molecular formula is C13H11ClF3N5O6. The Bertz CT molecular complexity index is 862. The lowest BCUT2D eigenvalue weighted by Gasteiger charge is -2.24. The number of hydrogen-bond acceptors (Lipinski definition) is 11. The van der Waals surface area contributed by atoms with E-state index in [4.69, 9.17) is 27.9 Å². The summed E-state index contributed by atoms with van der Waals surface area (Å²) in [7, 11) is 0. The number of hydrogen-bond donors (Lipinski definition) is 4. The van der Waals surface area contributed by atoms with Crippen LogP contribution in [-0.4, -0.2) is 46.3 Å². The number of benzene rings is 1. The van der Waals surface area contributed by atoms with Crippen molar-refractivity contribution in [1.82, 2.24) is 0 Å². The first kappa shape index (κ1) is 21.2. The average molecular weight is 426 g/mol. The molecule has 0 amide bonds. The van der Waals surface area contributed by atoms with Crippen LogP contribution in [0.2, 0.25) is 5.02 Å². The number of alkyl halides is 3. The van der Waals surface area contributed by atoms with Gasteiger partial charge in [-0.05, 0) is 23.4 Å². The highest BCUT2D eigenvalue weighted by molar-refractivity contribution is 6.34. The fourth-order valence-corrected chi connectivity index (χ4v) is 2.06. The van der Waals surface area contributed by atoms with E-state index in [0.717, 1.165) is 6.07 Å². The quantitative estimate of drug-likeness (QED) is 0.430. The van der Waals surface area contributed by atoms with E-state index in [1.54, 1.807) is 0 Å².